The van der Waals surface area contributed by atoms with Gasteiger partial charge in [0.15, 0.2) is 9.84 Å². The van der Waals surface area contributed by atoms with Crippen LogP contribution in [0.4, 0.5) is 0 Å². The molecule has 1 aromatic carbocycles. The SMILES string of the molecule is CC(C)(C)c1ccc(CN(C(=O)/C=C/c2cccs2)C2CCS(=O)(=O)C2)cc1. The van der Waals surface area contributed by atoms with Crippen LogP contribution >= 0.6 is 11.3 Å². The average Bonchev–Trinajstić information content (AvgIpc) is 3.26. The third-order valence-corrected chi connectivity index (χ3v) is 7.63. The van der Waals surface area contributed by atoms with E-state index in [1.807, 2.05) is 29.6 Å². The Kier molecular flexibility index (Phi) is 6.10. The first kappa shape index (κ1) is 20.8. The topological polar surface area (TPSA) is 54.5 Å². The molecule has 3 rings (SSSR count). The minimum atomic E-state index is -3.07. The van der Waals surface area contributed by atoms with Crippen molar-refractivity contribution in [3.05, 3.63) is 63.9 Å². The zero-order chi connectivity index (χ0) is 20.4. The number of thiophene rings is 1. The van der Waals surface area contributed by atoms with Crippen LogP contribution in [0.2, 0.25) is 0 Å². The van der Waals surface area contributed by atoms with Gasteiger partial charge < -0.3 is 4.90 Å². The van der Waals surface area contributed by atoms with Crippen molar-refractivity contribution in [2.75, 3.05) is 11.5 Å². The zero-order valence-electron chi connectivity index (χ0n) is 16.6. The van der Waals surface area contributed by atoms with Crippen LogP contribution in [0.1, 0.15) is 43.2 Å². The molecule has 0 bridgehead atoms. The van der Waals surface area contributed by atoms with Gasteiger partial charge in [-0.05, 0) is 40.5 Å². The first-order valence-corrected chi connectivity index (χ1v) is 12.2. The first-order valence-electron chi connectivity index (χ1n) is 9.46. The Hall–Kier alpha value is -1.92. The molecular formula is C22H27NO3S2. The largest absolute Gasteiger partial charge is 0.331 e. The van der Waals surface area contributed by atoms with Gasteiger partial charge in [0.2, 0.25) is 5.91 Å². The molecule has 0 spiro atoms. The standard InChI is InChI=1S/C22H27NO3S2/c1-22(2,3)18-8-6-17(7-9-18)15-23(19-12-14-28(25,26)16-19)21(24)11-10-20-5-4-13-27-20/h4-11,13,19H,12,14-16H2,1-3H3/b11-10+. The lowest BCUT2D eigenvalue weighted by molar-refractivity contribution is -0.128. The molecule has 0 saturated carbocycles. The molecule has 2 heterocycles. The quantitative estimate of drug-likeness (QED) is 0.683. The van der Waals surface area contributed by atoms with Crippen LogP contribution in [-0.4, -0.2) is 36.8 Å². The fourth-order valence-corrected chi connectivity index (χ4v) is 5.70. The number of carbonyl (C=O) groups excluding carboxylic acids is 1. The lowest BCUT2D eigenvalue weighted by atomic mass is 9.86. The fourth-order valence-electron chi connectivity index (χ4n) is 3.35. The van der Waals surface area contributed by atoms with E-state index in [0.29, 0.717) is 13.0 Å². The molecule has 0 radical (unpaired) electrons. The minimum Gasteiger partial charge on any atom is -0.331 e. The summed E-state index contributed by atoms with van der Waals surface area (Å²) in [6, 6.07) is 11.9. The summed E-state index contributed by atoms with van der Waals surface area (Å²) in [6.45, 7) is 6.90. The zero-order valence-corrected chi connectivity index (χ0v) is 18.2. The molecule has 0 N–H and O–H groups in total. The van der Waals surface area contributed by atoms with Crippen molar-refractivity contribution < 1.29 is 13.2 Å². The second-order valence-electron chi connectivity index (χ2n) is 8.32. The summed E-state index contributed by atoms with van der Waals surface area (Å²) < 4.78 is 23.9. The molecule has 1 aliphatic rings. The fraction of sp³-hybridized carbons (Fsp3) is 0.409. The van der Waals surface area contributed by atoms with Gasteiger partial charge in [-0.1, -0.05) is 51.1 Å². The Morgan fingerprint density at radius 2 is 1.93 bits per heavy atom. The smallest absolute Gasteiger partial charge is 0.247 e. The first-order chi connectivity index (χ1) is 13.1. The number of rotatable bonds is 5. The van der Waals surface area contributed by atoms with Crippen molar-refractivity contribution in [3.8, 4) is 0 Å². The van der Waals surface area contributed by atoms with Crippen molar-refractivity contribution in [2.24, 2.45) is 0 Å². The normalized spacial score (nSPS) is 19.2. The predicted molar refractivity (Wildman–Crippen MR) is 116 cm³/mol. The van der Waals surface area contributed by atoms with Crippen molar-refractivity contribution in [3.63, 3.8) is 0 Å². The summed E-state index contributed by atoms with van der Waals surface area (Å²) in [4.78, 5) is 15.6. The van der Waals surface area contributed by atoms with Gasteiger partial charge in [-0.25, -0.2) is 8.42 Å². The molecule has 28 heavy (non-hydrogen) atoms. The number of sulfone groups is 1. The number of nitrogens with zero attached hydrogens (tertiary/aromatic N) is 1. The molecule has 1 atom stereocenters. The summed E-state index contributed by atoms with van der Waals surface area (Å²) in [5.74, 6) is 0.0560. The van der Waals surface area contributed by atoms with E-state index in [1.54, 1.807) is 28.4 Å². The summed E-state index contributed by atoms with van der Waals surface area (Å²) in [5.41, 5.74) is 2.31. The second kappa shape index (κ2) is 8.21. The summed E-state index contributed by atoms with van der Waals surface area (Å²) in [6.07, 6.45) is 3.85. The third kappa shape index (κ3) is 5.32. The Morgan fingerprint density at radius 3 is 2.46 bits per heavy atom. The van der Waals surface area contributed by atoms with Crippen molar-refractivity contribution in [1.29, 1.82) is 0 Å². The van der Waals surface area contributed by atoms with Crippen molar-refractivity contribution >= 4 is 33.2 Å². The summed E-state index contributed by atoms with van der Waals surface area (Å²) >= 11 is 1.56. The van der Waals surface area contributed by atoms with Gasteiger partial charge in [0.1, 0.15) is 0 Å². The molecule has 1 amide bonds. The number of hydrogen-bond acceptors (Lipinski definition) is 4. The second-order valence-corrected chi connectivity index (χ2v) is 11.5. The van der Waals surface area contributed by atoms with E-state index in [0.717, 1.165) is 10.4 Å². The molecular weight excluding hydrogens is 390 g/mol. The lowest BCUT2D eigenvalue weighted by Gasteiger charge is -2.28. The van der Waals surface area contributed by atoms with E-state index in [-0.39, 0.29) is 28.9 Å². The molecule has 1 aliphatic heterocycles. The number of amides is 1. The molecule has 0 aliphatic carbocycles. The highest BCUT2D eigenvalue weighted by atomic mass is 32.2. The van der Waals surface area contributed by atoms with Gasteiger partial charge in [-0.2, -0.15) is 0 Å². The van der Waals surface area contributed by atoms with E-state index in [9.17, 15) is 13.2 Å². The van der Waals surface area contributed by atoms with E-state index < -0.39 is 9.84 Å². The maximum Gasteiger partial charge on any atom is 0.247 e. The van der Waals surface area contributed by atoms with E-state index >= 15 is 0 Å². The van der Waals surface area contributed by atoms with Gasteiger partial charge in [-0.3, -0.25) is 4.79 Å². The van der Waals surface area contributed by atoms with Gasteiger partial charge in [0, 0.05) is 23.5 Å². The molecule has 6 heteroatoms. The summed E-state index contributed by atoms with van der Waals surface area (Å²) in [5, 5.41) is 1.96. The molecule has 1 saturated heterocycles. The molecule has 4 nitrogen and oxygen atoms in total. The average molecular weight is 418 g/mol. The highest BCUT2D eigenvalue weighted by Crippen LogP contribution is 2.24. The Bertz CT molecular complexity index is 937. The van der Waals surface area contributed by atoms with Gasteiger partial charge >= 0.3 is 0 Å². The van der Waals surface area contributed by atoms with Crippen molar-refractivity contribution in [2.45, 2.75) is 45.2 Å². The highest BCUT2D eigenvalue weighted by Gasteiger charge is 2.34. The maximum absolute atomic E-state index is 12.9. The predicted octanol–water partition coefficient (Wildman–Crippen LogP) is 4.27. The van der Waals surface area contributed by atoms with E-state index in [4.69, 9.17) is 0 Å². The van der Waals surface area contributed by atoms with Crippen LogP contribution in [-0.2, 0) is 26.6 Å². The van der Waals surface area contributed by atoms with Crippen LogP contribution in [0.25, 0.3) is 6.08 Å². The van der Waals surface area contributed by atoms with Gasteiger partial charge in [0.05, 0.1) is 11.5 Å². The van der Waals surface area contributed by atoms with Crippen LogP contribution in [0.5, 0.6) is 0 Å². The Morgan fingerprint density at radius 1 is 1.21 bits per heavy atom. The molecule has 2 aromatic rings. The van der Waals surface area contributed by atoms with E-state index in [1.165, 1.54) is 5.56 Å². The molecule has 1 fully saturated rings. The van der Waals surface area contributed by atoms with Crippen molar-refractivity contribution in [1.82, 2.24) is 4.90 Å². The lowest BCUT2D eigenvalue weighted by Crippen LogP contribution is -2.39. The molecule has 1 unspecified atom stereocenters. The molecule has 150 valence electrons. The van der Waals surface area contributed by atoms with Gasteiger partial charge in [0.25, 0.3) is 0 Å². The number of carbonyl (C=O) groups is 1. The highest BCUT2D eigenvalue weighted by molar-refractivity contribution is 7.91. The van der Waals surface area contributed by atoms with Gasteiger partial charge in [-0.15, -0.1) is 11.3 Å². The van der Waals surface area contributed by atoms with Crippen LogP contribution in [0, 0.1) is 0 Å². The Balaban J connectivity index is 1.81. The minimum absolute atomic E-state index is 0.0473. The van der Waals surface area contributed by atoms with E-state index in [2.05, 4.69) is 32.9 Å². The summed E-state index contributed by atoms with van der Waals surface area (Å²) in [7, 11) is -3.07. The van der Waals surface area contributed by atoms with Crippen LogP contribution in [0.15, 0.2) is 47.9 Å². The van der Waals surface area contributed by atoms with Crippen LogP contribution < -0.4 is 0 Å². The molecule has 1 aromatic heterocycles. The van der Waals surface area contributed by atoms with Crippen LogP contribution in [0.3, 0.4) is 0 Å². The maximum atomic E-state index is 12.9. The third-order valence-electron chi connectivity index (χ3n) is 5.04. The number of hydrogen-bond donors (Lipinski definition) is 0. The Labute approximate surface area is 171 Å². The number of benzene rings is 1. The monoisotopic (exact) mass is 417 g/mol.